The Hall–Kier alpha value is -2.82. The van der Waals surface area contributed by atoms with Crippen molar-refractivity contribution in [3.8, 4) is 11.3 Å². The van der Waals surface area contributed by atoms with Crippen molar-refractivity contribution >= 4 is 45.0 Å². The Bertz CT molecular complexity index is 1340. The molecule has 0 amide bonds. The number of carboxylic acids is 1. The Kier molecular flexibility index (Phi) is 8.07. The number of rotatable bonds is 9. The molecule has 3 N–H and O–H groups in total. The summed E-state index contributed by atoms with van der Waals surface area (Å²) in [6.45, 7) is 0.582. The van der Waals surface area contributed by atoms with Crippen LogP contribution in [-0.2, 0) is 19.6 Å². The number of sulfonamides is 1. The van der Waals surface area contributed by atoms with Crippen LogP contribution < -0.4 is 10.0 Å². The topological polar surface area (TPSA) is 125 Å². The second-order valence-corrected chi connectivity index (χ2v) is 11.0. The zero-order valence-corrected chi connectivity index (χ0v) is 21.2. The second-order valence-electron chi connectivity index (χ2n) is 8.41. The third-order valence-corrected chi connectivity index (χ3v) is 7.83. The van der Waals surface area contributed by atoms with E-state index in [1.165, 1.54) is 18.2 Å². The maximum Gasteiger partial charge on any atom is 0.316 e. The average molecular weight is 548 g/mol. The van der Waals surface area contributed by atoms with E-state index in [0.29, 0.717) is 24.2 Å². The molecule has 3 atom stereocenters. The van der Waals surface area contributed by atoms with Gasteiger partial charge in [-0.25, -0.2) is 13.1 Å². The molecule has 1 aromatic heterocycles. The lowest BCUT2D eigenvalue weighted by molar-refractivity contribution is -0.148. The van der Waals surface area contributed by atoms with Gasteiger partial charge in [-0.15, -0.1) is 0 Å². The van der Waals surface area contributed by atoms with E-state index in [9.17, 15) is 23.1 Å². The maximum absolute atomic E-state index is 13.3. The number of pyridine rings is 1. The number of ketones is 1. The number of hydrogen-bond acceptors (Lipinski definition) is 6. The van der Waals surface area contributed by atoms with Crippen molar-refractivity contribution in [3.05, 3.63) is 82.5 Å². The molecule has 0 aliphatic carbocycles. The highest BCUT2D eigenvalue weighted by Gasteiger charge is 2.42. The Morgan fingerprint density at radius 1 is 1.06 bits per heavy atom. The molecule has 4 rings (SSSR count). The highest BCUT2D eigenvalue weighted by atomic mass is 35.5. The Morgan fingerprint density at radius 3 is 2.31 bits per heavy atom. The van der Waals surface area contributed by atoms with Gasteiger partial charge in [0.1, 0.15) is 5.92 Å². The summed E-state index contributed by atoms with van der Waals surface area (Å²) in [5.74, 6) is -3.70. The van der Waals surface area contributed by atoms with Gasteiger partial charge in [0.2, 0.25) is 10.0 Å². The molecule has 3 aromatic rings. The van der Waals surface area contributed by atoms with Crippen LogP contribution in [0.25, 0.3) is 11.3 Å². The first kappa shape index (κ1) is 26.2. The lowest BCUT2D eigenvalue weighted by atomic mass is 9.86. The van der Waals surface area contributed by atoms with Gasteiger partial charge >= 0.3 is 5.97 Å². The number of nitrogens with one attached hydrogen (secondary N) is 2. The van der Waals surface area contributed by atoms with Crippen LogP contribution >= 0.6 is 23.2 Å². The number of halogens is 2. The first-order chi connectivity index (χ1) is 17.2. The zero-order valence-electron chi connectivity index (χ0n) is 18.9. The standard InChI is InChI=1S/C25H23Cl2N3O5S/c26-17-12-18(27)14-19(13-17)36(34,35)30-23(22(25(32)33)24(31)21-5-3-11-29-21)16-8-6-15(7-9-16)20-4-1-2-10-28-20/h1-2,4,6-10,12-14,21-23,29-30H,3,5,11H2,(H,32,33)/t21?,22-,23-/m0/s1. The average Bonchev–Trinajstić information content (AvgIpc) is 3.38. The third-order valence-electron chi connectivity index (χ3n) is 5.97. The summed E-state index contributed by atoms with van der Waals surface area (Å²) in [6.07, 6.45) is 2.84. The van der Waals surface area contributed by atoms with Gasteiger partial charge in [-0.1, -0.05) is 53.5 Å². The Balaban J connectivity index is 1.76. The van der Waals surface area contributed by atoms with E-state index >= 15 is 0 Å². The van der Waals surface area contributed by atoms with Gasteiger partial charge in [0, 0.05) is 21.8 Å². The minimum Gasteiger partial charge on any atom is -0.481 e. The second kappa shape index (κ2) is 11.1. The van der Waals surface area contributed by atoms with Gasteiger partial charge in [0.05, 0.1) is 22.7 Å². The number of benzene rings is 2. The molecule has 2 aromatic carbocycles. The van der Waals surface area contributed by atoms with Crippen LogP contribution in [0, 0.1) is 5.92 Å². The fourth-order valence-corrected chi connectivity index (χ4v) is 6.18. The number of carboxylic acid groups (broad SMARTS) is 1. The smallest absolute Gasteiger partial charge is 0.316 e. The molecule has 1 aliphatic rings. The molecule has 1 fully saturated rings. The van der Waals surface area contributed by atoms with E-state index in [4.69, 9.17) is 23.2 Å². The molecule has 11 heteroatoms. The van der Waals surface area contributed by atoms with Crippen molar-refractivity contribution in [3.63, 3.8) is 0 Å². The fraction of sp³-hybridized carbons (Fsp3) is 0.240. The quantitative estimate of drug-likeness (QED) is 0.344. The Labute approximate surface area is 218 Å². The third kappa shape index (κ3) is 5.93. The van der Waals surface area contributed by atoms with E-state index in [-0.39, 0.29) is 14.9 Å². The van der Waals surface area contributed by atoms with E-state index in [1.54, 1.807) is 36.5 Å². The lowest BCUT2D eigenvalue weighted by Crippen LogP contribution is -2.46. The molecule has 0 radical (unpaired) electrons. The molecular formula is C25H23Cl2N3O5S. The summed E-state index contributed by atoms with van der Waals surface area (Å²) in [6, 6.07) is 13.7. The van der Waals surface area contributed by atoms with E-state index in [0.717, 1.165) is 12.0 Å². The summed E-state index contributed by atoms with van der Waals surface area (Å²) >= 11 is 12.0. The number of hydrogen-bond donors (Lipinski definition) is 3. The molecule has 0 bridgehead atoms. The van der Waals surface area contributed by atoms with Crippen molar-refractivity contribution in [2.75, 3.05) is 6.54 Å². The normalized spacial score (nSPS) is 17.4. The number of aliphatic carboxylic acids is 1. The maximum atomic E-state index is 13.3. The van der Waals surface area contributed by atoms with Crippen molar-refractivity contribution in [2.24, 2.45) is 5.92 Å². The molecule has 36 heavy (non-hydrogen) atoms. The van der Waals surface area contributed by atoms with Gasteiger partial charge in [-0.3, -0.25) is 14.6 Å². The molecule has 188 valence electrons. The lowest BCUT2D eigenvalue weighted by Gasteiger charge is -2.27. The van der Waals surface area contributed by atoms with Crippen LogP contribution in [0.4, 0.5) is 0 Å². The van der Waals surface area contributed by atoms with E-state index in [2.05, 4.69) is 15.0 Å². The molecule has 1 unspecified atom stereocenters. The van der Waals surface area contributed by atoms with Crippen LogP contribution in [-0.4, -0.2) is 42.8 Å². The van der Waals surface area contributed by atoms with Gasteiger partial charge < -0.3 is 10.4 Å². The highest BCUT2D eigenvalue weighted by molar-refractivity contribution is 7.89. The zero-order chi connectivity index (χ0) is 25.9. The van der Waals surface area contributed by atoms with Crippen molar-refractivity contribution in [1.29, 1.82) is 0 Å². The molecule has 0 saturated carbocycles. The fourth-order valence-electron chi connectivity index (χ4n) is 4.21. The summed E-state index contributed by atoms with van der Waals surface area (Å²) in [5, 5.41) is 13.3. The number of nitrogens with zero attached hydrogens (tertiary/aromatic N) is 1. The summed E-state index contributed by atoms with van der Waals surface area (Å²) in [5.41, 5.74) is 1.75. The van der Waals surface area contributed by atoms with Crippen LogP contribution in [0.1, 0.15) is 24.4 Å². The van der Waals surface area contributed by atoms with Gasteiger partial charge in [0.25, 0.3) is 0 Å². The molecule has 2 heterocycles. The van der Waals surface area contributed by atoms with Crippen LogP contribution in [0.15, 0.2) is 71.8 Å². The minimum absolute atomic E-state index is 0.0974. The van der Waals surface area contributed by atoms with Crippen LogP contribution in [0.2, 0.25) is 10.0 Å². The first-order valence-corrected chi connectivity index (χ1v) is 13.4. The van der Waals surface area contributed by atoms with Crippen molar-refractivity contribution in [2.45, 2.75) is 29.8 Å². The summed E-state index contributed by atoms with van der Waals surface area (Å²) < 4.78 is 29.1. The molecule has 0 spiro atoms. The van der Waals surface area contributed by atoms with E-state index < -0.39 is 39.8 Å². The predicted molar refractivity (Wildman–Crippen MR) is 136 cm³/mol. The summed E-state index contributed by atoms with van der Waals surface area (Å²) in [4.78, 5) is 29.7. The van der Waals surface area contributed by atoms with Gasteiger partial charge in [0.15, 0.2) is 5.78 Å². The number of carbonyl (C=O) groups excluding carboxylic acids is 1. The molecule has 1 aliphatic heterocycles. The number of Topliss-reactive ketones (excluding diaryl/α,β-unsaturated/α-hetero) is 1. The predicted octanol–water partition coefficient (Wildman–Crippen LogP) is 4.10. The van der Waals surface area contributed by atoms with Crippen molar-refractivity contribution < 1.29 is 23.1 Å². The van der Waals surface area contributed by atoms with E-state index in [1.807, 2.05) is 12.1 Å². The summed E-state index contributed by atoms with van der Waals surface area (Å²) in [7, 11) is -4.32. The van der Waals surface area contributed by atoms with Crippen LogP contribution in [0.3, 0.4) is 0 Å². The largest absolute Gasteiger partial charge is 0.481 e. The van der Waals surface area contributed by atoms with Gasteiger partial charge in [-0.05, 0) is 55.3 Å². The van der Waals surface area contributed by atoms with Gasteiger partial charge in [-0.2, -0.15) is 0 Å². The minimum atomic E-state index is -4.32. The molecule has 8 nitrogen and oxygen atoms in total. The monoisotopic (exact) mass is 547 g/mol. The first-order valence-electron chi connectivity index (χ1n) is 11.2. The number of aromatic nitrogens is 1. The molecular weight excluding hydrogens is 525 g/mol. The highest BCUT2D eigenvalue weighted by Crippen LogP contribution is 2.31. The number of carbonyl (C=O) groups is 2. The van der Waals surface area contributed by atoms with Crippen LogP contribution in [0.5, 0.6) is 0 Å². The van der Waals surface area contributed by atoms with Crippen molar-refractivity contribution in [1.82, 2.24) is 15.0 Å². The molecule has 1 saturated heterocycles. The Morgan fingerprint density at radius 2 is 1.75 bits per heavy atom. The SMILES string of the molecule is O=C(O)[C@H](C(=O)C1CCCN1)[C@@H](NS(=O)(=O)c1cc(Cl)cc(Cl)c1)c1ccc(-c2ccccn2)cc1.